The maximum atomic E-state index is 12.1. The second-order valence-electron chi connectivity index (χ2n) is 4.78. The smallest absolute Gasteiger partial charge is 0.276 e. The van der Waals surface area contributed by atoms with Gasteiger partial charge < -0.3 is 10.1 Å². The lowest BCUT2D eigenvalue weighted by atomic mass is 10.1. The van der Waals surface area contributed by atoms with Crippen LogP contribution in [-0.2, 0) is 11.8 Å². The van der Waals surface area contributed by atoms with Crippen LogP contribution in [0.5, 0.6) is 0 Å². The summed E-state index contributed by atoms with van der Waals surface area (Å²) in [5.74, 6) is -0.238. The molecular weight excluding hydrogens is 256 g/mol. The fourth-order valence-electron chi connectivity index (χ4n) is 2.34. The summed E-state index contributed by atoms with van der Waals surface area (Å²) in [4.78, 5) is 16.1. The monoisotopic (exact) mass is 272 g/mol. The third-order valence-electron chi connectivity index (χ3n) is 3.33. The van der Waals surface area contributed by atoms with E-state index in [-0.39, 0.29) is 12.0 Å². The van der Waals surface area contributed by atoms with Gasteiger partial charge in [0.25, 0.3) is 5.91 Å². The number of hydrogen-bond acceptors (Lipinski definition) is 4. The maximum Gasteiger partial charge on any atom is 0.276 e. The molecule has 6 nitrogen and oxygen atoms in total. The van der Waals surface area contributed by atoms with Crippen molar-refractivity contribution in [3.05, 3.63) is 42.0 Å². The summed E-state index contributed by atoms with van der Waals surface area (Å²) in [5.41, 5.74) is 1.99. The van der Waals surface area contributed by atoms with Crippen molar-refractivity contribution in [2.75, 3.05) is 11.9 Å². The zero-order valence-corrected chi connectivity index (χ0v) is 11.2. The molecule has 0 aromatic carbocycles. The van der Waals surface area contributed by atoms with Crippen molar-refractivity contribution in [3.8, 4) is 0 Å². The lowest BCUT2D eigenvalue weighted by molar-refractivity contribution is 0.102. The van der Waals surface area contributed by atoms with E-state index >= 15 is 0 Å². The summed E-state index contributed by atoms with van der Waals surface area (Å²) in [6.45, 7) is 0.771. The van der Waals surface area contributed by atoms with Crippen LogP contribution in [0.25, 0.3) is 0 Å². The molecular formula is C14H16N4O2. The molecule has 104 valence electrons. The summed E-state index contributed by atoms with van der Waals surface area (Å²) in [7, 11) is 1.83. The molecule has 6 heteroatoms. The molecule has 1 unspecified atom stereocenters. The number of anilines is 1. The number of pyridine rings is 1. The maximum absolute atomic E-state index is 12.1. The summed E-state index contributed by atoms with van der Waals surface area (Å²) in [5, 5.41) is 7.03. The third-order valence-corrected chi connectivity index (χ3v) is 3.33. The molecule has 1 fully saturated rings. The topological polar surface area (TPSA) is 69.0 Å². The summed E-state index contributed by atoms with van der Waals surface area (Å²) in [6.07, 6.45) is 5.33. The van der Waals surface area contributed by atoms with Gasteiger partial charge in [0, 0.05) is 19.9 Å². The minimum atomic E-state index is -0.238. The van der Waals surface area contributed by atoms with Crippen LogP contribution in [0, 0.1) is 0 Å². The Hall–Kier alpha value is -2.21. The van der Waals surface area contributed by atoms with Crippen LogP contribution in [0.3, 0.4) is 0 Å². The molecule has 3 rings (SSSR count). The Morgan fingerprint density at radius 3 is 3.15 bits per heavy atom. The Kier molecular flexibility index (Phi) is 3.47. The summed E-state index contributed by atoms with van der Waals surface area (Å²) >= 11 is 0. The molecule has 1 aliphatic rings. The van der Waals surface area contributed by atoms with Crippen molar-refractivity contribution in [1.82, 2.24) is 14.8 Å². The first kappa shape index (κ1) is 12.8. The molecule has 0 saturated carbocycles. The second kappa shape index (κ2) is 5.42. The first-order chi connectivity index (χ1) is 9.74. The van der Waals surface area contributed by atoms with E-state index in [0.29, 0.717) is 11.4 Å². The van der Waals surface area contributed by atoms with Gasteiger partial charge >= 0.3 is 0 Å². The van der Waals surface area contributed by atoms with Gasteiger partial charge in [-0.1, -0.05) is 0 Å². The van der Waals surface area contributed by atoms with Crippen molar-refractivity contribution >= 4 is 11.6 Å². The fourth-order valence-corrected chi connectivity index (χ4v) is 2.34. The largest absolute Gasteiger partial charge is 0.372 e. The standard InChI is InChI=1S/C14H16N4O2/c1-18-12(13-5-3-7-20-13)8-11(17-18)14(19)16-10-4-2-6-15-9-10/h2,4,6,8-9,13H,3,5,7H2,1H3,(H,16,19). The van der Waals surface area contributed by atoms with E-state index < -0.39 is 0 Å². The number of amides is 1. The van der Waals surface area contributed by atoms with Crippen LogP contribution >= 0.6 is 0 Å². The van der Waals surface area contributed by atoms with Gasteiger partial charge in [-0.25, -0.2) is 0 Å². The van der Waals surface area contributed by atoms with E-state index in [0.717, 1.165) is 25.1 Å². The van der Waals surface area contributed by atoms with E-state index in [1.165, 1.54) is 0 Å². The average molecular weight is 272 g/mol. The minimum Gasteiger partial charge on any atom is -0.372 e. The molecule has 1 saturated heterocycles. The number of nitrogens with zero attached hydrogens (tertiary/aromatic N) is 3. The molecule has 1 amide bonds. The van der Waals surface area contributed by atoms with E-state index in [1.807, 2.05) is 7.05 Å². The average Bonchev–Trinajstić information content (AvgIpc) is 3.08. The number of ether oxygens (including phenoxy) is 1. The number of aryl methyl sites for hydroxylation is 1. The molecule has 1 atom stereocenters. The first-order valence-corrected chi connectivity index (χ1v) is 6.61. The van der Waals surface area contributed by atoms with E-state index in [1.54, 1.807) is 35.3 Å². The molecule has 0 radical (unpaired) electrons. The predicted molar refractivity (Wildman–Crippen MR) is 73.3 cm³/mol. The highest BCUT2D eigenvalue weighted by Gasteiger charge is 2.23. The first-order valence-electron chi connectivity index (χ1n) is 6.61. The number of nitrogens with one attached hydrogen (secondary N) is 1. The molecule has 1 N–H and O–H groups in total. The van der Waals surface area contributed by atoms with Gasteiger partial charge in [-0.2, -0.15) is 5.10 Å². The second-order valence-corrected chi connectivity index (χ2v) is 4.78. The Bertz CT molecular complexity index is 603. The van der Waals surface area contributed by atoms with Crippen molar-refractivity contribution < 1.29 is 9.53 Å². The van der Waals surface area contributed by atoms with Gasteiger partial charge in [0.15, 0.2) is 5.69 Å². The Morgan fingerprint density at radius 2 is 2.45 bits per heavy atom. The van der Waals surface area contributed by atoms with E-state index in [9.17, 15) is 4.79 Å². The summed E-state index contributed by atoms with van der Waals surface area (Å²) in [6, 6.07) is 5.35. The highest BCUT2D eigenvalue weighted by molar-refractivity contribution is 6.02. The Morgan fingerprint density at radius 1 is 1.55 bits per heavy atom. The number of carbonyl (C=O) groups is 1. The molecule has 0 aliphatic carbocycles. The van der Waals surface area contributed by atoms with Gasteiger partial charge in [-0.15, -0.1) is 0 Å². The van der Waals surface area contributed by atoms with Crippen LogP contribution in [0.1, 0.15) is 35.1 Å². The van der Waals surface area contributed by atoms with Crippen LogP contribution in [0.2, 0.25) is 0 Å². The number of carbonyl (C=O) groups excluding carboxylic acids is 1. The highest BCUT2D eigenvalue weighted by Crippen LogP contribution is 2.28. The minimum absolute atomic E-state index is 0.0486. The van der Waals surface area contributed by atoms with Gasteiger partial charge in [0.1, 0.15) is 0 Å². The Labute approximate surface area is 116 Å². The zero-order chi connectivity index (χ0) is 13.9. The molecule has 2 aromatic heterocycles. The lowest BCUT2D eigenvalue weighted by Crippen LogP contribution is -2.13. The number of rotatable bonds is 3. The zero-order valence-electron chi connectivity index (χ0n) is 11.2. The van der Waals surface area contributed by atoms with Gasteiger partial charge in [-0.05, 0) is 31.0 Å². The fraction of sp³-hybridized carbons (Fsp3) is 0.357. The molecule has 20 heavy (non-hydrogen) atoms. The molecule has 2 aromatic rings. The highest BCUT2D eigenvalue weighted by atomic mass is 16.5. The normalized spacial score (nSPS) is 18.1. The predicted octanol–water partition coefficient (Wildman–Crippen LogP) is 1.92. The van der Waals surface area contributed by atoms with Crippen LogP contribution < -0.4 is 5.32 Å². The molecule has 0 bridgehead atoms. The summed E-state index contributed by atoms with van der Waals surface area (Å²) < 4.78 is 7.35. The SMILES string of the molecule is Cn1nc(C(=O)Nc2cccnc2)cc1C1CCCO1. The molecule has 3 heterocycles. The van der Waals surface area contributed by atoms with Gasteiger partial charge in [-0.3, -0.25) is 14.5 Å². The van der Waals surface area contributed by atoms with Crippen LogP contribution in [0.15, 0.2) is 30.6 Å². The van der Waals surface area contributed by atoms with Gasteiger partial charge in [0.2, 0.25) is 0 Å². The third kappa shape index (κ3) is 2.55. The van der Waals surface area contributed by atoms with Crippen molar-refractivity contribution in [2.24, 2.45) is 7.05 Å². The molecule has 0 spiro atoms. The lowest BCUT2D eigenvalue weighted by Gasteiger charge is -2.08. The number of aromatic nitrogens is 3. The van der Waals surface area contributed by atoms with Crippen LogP contribution in [-0.4, -0.2) is 27.3 Å². The van der Waals surface area contributed by atoms with E-state index in [2.05, 4.69) is 15.4 Å². The van der Waals surface area contributed by atoms with Crippen molar-refractivity contribution in [1.29, 1.82) is 0 Å². The molecule has 1 aliphatic heterocycles. The van der Waals surface area contributed by atoms with Crippen LogP contribution in [0.4, 0.5) is 5.69 Å². The van der Waals surface area contributed by atoms with Crippen molar-refractivity contribution in [2.45, 2.75) is 18.9 Å². The van der Waals surface area contributed by atoms with Gasteiger partial charge in [0.05, 0.1) is 23.7 Å². The number of hydrogen-bond donors (Lipinski definition) is 1. The Balaban J connectivity index is 1.77. The quantitative estimate of drug-likeness (QED) is 0.926. The van der Waals surface area contributed by atoms with Crippen molar-refractivity contribution in [3.63, 3.8) is 0 Å². The van der Waals surface area contributed by atoms with E-state index in [4.69, 9.17) is 4.74 Å².